The number of halogens is 1. The summed E-state index contributed by atoms with van der Waals surface area (Å²) < 4.78 is 0. The van der Waals surface area contributed by atoms with Crippen molar-refractivity contribution in [2.24, 2.45) is 11.7 Å². The number of carbonyl (C=O) groups excluding carboxylic acids is 1. The Bertz CT molecular complexity index is 483. The summed E-state index contributed by atoms with van der Waals surface area (Å²) in [6.07, 6.45) is 2.15. The van der Waals surface area contributed by atoms with Gasteiger partial charge in [0.1, 0.15) is 0 Å². The molecule has 1 aromatic carbocycles. The molecular weight excluding hydrogens is 316 g/mol. The van der Waals surface area contributed by atoms with Crippen LogP contribution in [0.25, 0.3) is 0 Å². The number of hydrogen-bond acceptors (Lipinski definition) is 3. The third-order valence-corrected chi connectivity index (χ3v) is 5.14. The van der Waals surface area contributed by atoms with Crippen LogP contribution in [0.1, 0.15) is 30.9 Å². The van der Waals surface area contributed by atoms with Crippen molar-refractivity contribution < 1.29 is 4.79 Å². The van der Waals surface area contributed by atoms with E-state index in [0.29, 0.717) is 18.2 Å². The van der Waals surface area contributed by atoms with E-state index in [9.17, 15) is 4.79 Å². The summed E-state index contributed by atoms with van der Waals surface area (Å²) in [4.78, 5) is 14.4. The molecule has 0 saturated carbocycles. The van der Waals surface area contributed by atoms with E-state index in [1.54, 1.807) is 11.8 Å². The zero-order chi connectivity index (χ0) is 15.2. The Labute approximate surface area is 144 Å². The van der Waals surface area contributed by atoms with Crippen molar-refractivity contribution in [1.82, 2.24) is 4.90 Å². The number of hydrogen-bond donors (Lipinski definition) is 1. The first-order valence-electron chi connectivity index (χ1n) is 7.73. The van der Waals surface area contributed by atoms with Crippen molar-refractivity contribution in [3.63, 3.8) is 0 Å². The Balaban J connectivity index is 0.00000242. The number of nitrogens with two attached hydrogens (primary N) is 1. The summed E-state index contributed by atoms with van der Waals surface area (Å²) in [6.45, 7) is 5.79. The zero-order valence-electron chi connectivity index (χ0n) is 13.5. The Morgan fingerprint density at radius 3 is 2.91 bits per heavy atom. The van der Waals surface area contributed by atoms with Crippen LogP contribution in [0, 0.1) is 12.8 Å². The molecule has 1 aliphatic heterocycles. The summed E-state index contributed by atoms with van der Waals surface area (Å²) in [5, 5.41) is 0. The molecule has 0 aromatic heterocycles. The van der Waals surface area contributed by atoms with E-state index in [-0.39, 0.29) is 24.4 Å². The van der Waals surface area contributed by atoms with E-state index in [2.05, 4.69) is 38.1 Å². The molecule has 2 rings (SSSR count). The highest BCUT2D eigenvalue weighted by Gasteiger charge is 2.28. The number of thioether (sulfide) groups is 1. The number of benzene rings is 1. The van der Waals surface area contributed by atoms with Crippen molar-refractivity contribution in [3.8, 4) is 0 Å². The van der Waals surface area contributed by atoms with E-state index in [0.717, 1.165) is 25.1 Å². The molecule has 0 aliphatic carbocycles. The fourth-order valence-corrected chi connectivity index (χ4v) is 3.80. The number of amides is 1. The summed E-state index contributed by atoms with van der Waals surface area (Å²) in [5.74, 6) is 2.38. The molecule has 0 spiro atoms. The summed E-state index contributed by atoms with van der Waals surface area (Å²) in [6, 6.07) is 8.71. The minimum absolute atomic E-state index is 0. The van der Waals surface area contributed by atoms with Gasteiger partial charge in [0.05, 0.1) is 5.75 Å². The van der Waals surface area contributed by atoms with Gasteiger partial charge in [0.25, 0.3) is 0 Å². The van der Waals surface area contributed by atoms with Crippen molar-refractivity contribution in [2.75, 3.05) is 18.8 Å². The van der Waals surface area contributed by atoms with E-state index in [1.807, 2.05) is 4.90 Å². The third-order valence-electron chi connectivity index (χ3n) is 4.15. The lowest BCUT2D eigenvalue weighted by atomic mass is 9.92. The maximum Gasteiger partial charge on any atom is 0.232 e. The number of rotatable bonds is 5. The molecule has 0 bridgehead atoms. The molecule has 1 aromatic rings. The van der Waals surface area contributed by atoms with Crippen LogP contribution in [0.2, 0.25) is 0 Å². The smallest absolute Gasteiger partial charge is 0.232 e. The minimum atomic E-state index is 0. The highest BCUT2D eigenvalue weighted by Crippen LogP contribution is 2.23. The number of likely N-dealkylation sites (tertiary alicyclic amines) is 1. The topological polar surface area (TPSA) is 46.3 Å². The van der Waals surface area contributed by atoms with Crippen LogP contribution in [0.5, 0.6) is 0 Å². The van der Waals surface area contributed by atoms with Gasteiger partial charge in [-0.25, -0.2) is 0 Å². The quantitative estimate of drug-likeness (QED) is 0.893. The van der Waals surface area contributed by atoms with Crippen LogP contribution < -0.4 is 5.73 Å². The van der Waals surface area contributed by atoms with Crippen molar-refractivity contribution in [1.29, 1.82) is 0 Å². The predicted molar refractivity (Wildman–Crippen MR) is 97.5 cm³/mol. The molecule has 1 amide bonds. The summed E-state index contributed by atoms with van der Waals surface area (Å²) in [5.41, 5.74) is 8.39. The minimum Gasteiger partial charge on any atom is -0.338 e. The van der Waals surface area contributed by atoms with Crippen LogP contribution in [0.3, 0.4) is 0 Å². The third kappa shape index (κ3) is 5.49. The lowest BCUT2D eigenvalue weighted by Crippen LogP contribution is -2.49. The first-order chi connectivity index (χ1) is 10.1. The molecule has 1 heterocycles. The number of nitrogens with zero attached hydrogens (tertiary/aromatic N) is 1. The van der Waals surface area contributed by atoms with Gasteiger partial charge >= 0.3 is 0 Å². The number of aryl methyl sites for hydroxylation is 1. The van der Waals surface area contributed by atoms with Crippen LogP contribution >= 0.6 is 24.2 Å². The maximum atomic E-state index is 12.4. The van der Waals surface area contributed by atoms with Gasteiger partial charge in [-0.3, -0.25) is 4.79 Å². The molecule has 3 nitrogen and oxygen atoms in total. The Morgan fingerprint density at radius 1 is 1.45 bits per heavy atom. The van der Waals surface area contributed by atoms with Gasteiger partial charge in [-0.1, -0.05) is 36.8 Å². The molecule has 2 atom stereocenters. The second-order valence-electron chi connectivity index (χ2n) is 6.09. The lowest BCUT2D eigenvalue weighted by molar-refractivity contribution is -0.132. The second kappa shape index (κ2) is 9.43. The van der Waals surface area contributed by atoms with Gasteiger partial charge in [-0.2, -0.15) is 0 Å². The van der Waals surface area contributed by atoms with Crippen molar-refractivity contribution >= 4 is 30.1 Å². The Kier molecular flexibility index (Phi) is 8.29. The highest BCUT2D eigenvalue weighted by molar-refractivity contribution is 7.99. The molecule has 1 saturated heterocycles. The van der Waals surface area contributed by atoms with Crippen molar-refractivity contribution in [2.45, 2.75) is 38.5 Å². The molecule has 2 unspecified atom stereocenters. The van der Waals surface area contributed by atoms with Gasteiger partial charge in [0, 0.05) is 24.9 Å². The van der Waals surface area contributed by atoms with Crippen LogP contribution in [0.15, 0.2) is 24.3 Å². The lowest BCUT2D eigenvalue weighted by Gasteiger charge is -2.38. The molecular formula is C17H27ClN2OS. The monoisotopic (exact) mass is 342 g/mol. The molecule has 5 heteroatoms. The maximum absolute atomic E-state index is 12.4. The van der Waals surface area contributed by atoms with Crippen LogP contribution in [-0.4, -0.2) is 35.7 Å². The molecule has 2 N–H and O–H groups in total. The SMILES string of the molecule is Cc1cccc(CSCC(=O)N2CCC(C)CC2CN)c1.Cl. The van der Waals surface area contributed by atoms with Gasteiger partial charge in [-0.05, 0) is 31.2 Å². The van der Waals surface area contributed by atoms with Crippen LogP contribution in [0.4, 0.5) is 0 Å². The average molecular weight is 343 g/mol. The number of carbonyl (C=O) groups is 1. The van der Waals surface area contributed by atoms with E-state index >= 15 is 0 Å². The van der Waals surface area contributed by atoms with E-state index in [4.69, 9.17) is 5.73 Å². The normalized spacial score (nSPS) is 21.3. The van der Waals surface area contributed by atoms with Gasteiger partial charge in [-0.15, -0.1) is 24.2 Å². The van der Waals surface area contributed by atoms with Gasteiger partial charge in [0.2, 0.25) is 5.91 Å². The fourth-order valence-electron chi connectivity index (χ4n) is 2.94. The van der Waals surface area contributed by atoms with Crippen LogP contribution in [-0.2, 0) is 10.5 Å². The molecule has 1 aliphatic rings. The average Bonchev–Trinajstić information content (AvgIpc) is 2.47. The largest absolute Gasteiger partial charge is 0.338 e. The van der Waals surface area contributed by atoms with Gasteiger partial charge < -0.3 is 10.6 Å². The fraction of sp³-hybridized carbons (Fsp3) is 0.588. The Hall–Kier alpha value is -0.710. The molecule has 1 fully saturated rings. The van der Waals surface area contributed by atoms with Gasteiger partial charge in [0.15, 0.2) is 0 Å². The standard InChI is InChI=1S/C17H26N2OS.ClH/c1-13-4-3-5-15(8-13)11-21-12-17(20)19-7-6-14(2)9-16(19)10-18;/h3-5,8,14,16H,6-7,9-12,18H2,1-2H3;1H. The highest BCUT2D eigenvalue weighted by atomic mass is 35.5. The van der Waals surface area contributed by atoms with E-state index in [1.165, 1.54) is 11.1 Å². The van der Waals surface area contributed by atoms with E-state index < -0.39 is 0 Å². The second-order valence-corrected chi connectivity index (χ2v) is 7.07. The first-order valence-corrected chi connectivity index (χ1v) is 8.88. The zero-order valence-corrected chi connectivity index (χ0v) is 15.1. The first kappa shape index (κ1) is 19.3. The number of piperidine rings is 1. The molecule has 22 heavy (non-hydrogen) atoms. The molecule has 0 radical (unpaired) electrons. The summed E-state index contributed by atoms with van der Waals surface area (Å²) >= 11 is 1.70. The van der Waals surface area contributed by atoms with Crippen molar-refractivity contribution in [3.05, 3.63) is 35.4 Å². The Morgan fingerprint density at radius 2 is 2.23 bits per heavy atom. The predicted octanol–water partition coefficient (Wildman–Crippen LogP) is 3.24. The molecule has 124 valence electrons. The summed E-state index contributed by atoms with van der Waals surface area (Å²) in [7, 11) is 0.